The van der Waals surface area contributed by atoms with Crippen LogP contribution < -0.4 is 5.32 Å². The van der Waals surface area contributed by atoms with E-state index >= 15 is 0 Å². The van der Waals surface area contributed by atoms with Gasteiger partial charge in [-0.2, -0.15) is 5.26 Å². The van der Waals surface area contributed by atoms with Gasteiger partial charge < -0.3 is 5.32 Å². The van der Waals surface area contributed by atoms with Crippen molar-refractivity contribution in [2.75, 3.05) is 6.54 Å². The smallest absolute Gasteiger partial charge is 0.251 e. The Bertz CT molecular complexity index is 430. The van der Waals surface area contributed by atoms with Crippen molar-refractivity contribution < 1.29 is 4.79 Å². The van der Waals surface area contributed by atoms with Crippen molar-refractivity contribution in [1.29, 1.82) is 5.26 Å². The maximum atomic E-state index is 11.6. The molecule has 0 atom stereocenters. The monoisotopic (exact) mass is 216 g/mol. The molecular weight excluding hydrogens is 200 g/mol. The molecule has 0 fully saturated rings. The molecule has 16 heavy (non-hydrogen) atoms. The van der Waals surface area contributed by atoms with Crippen molar-refractivity contribution in [1.82, 2.24) is 5.32 Å². The van der Waals surface area contributed by atoms with Crippen LogP contribution in [-0.4, -0.2) is 12.5 Å². The summed E-state index contributed by atoms with van der Waals surface area (Å²) in [6.45, 7) is 6.15. The zero-order valence-electron chi connectivity index (χ0n) is 9.87. The van der Waals surface area contributed by atoms with Crippen LogP contribution in [-0.2, 0) is 5.41 Å². The molecule has 0 aromatic heterocycles. The second-order valence-electron chi connectivity index (χ2n) is 4.18. The lowest BCUT2D eigenvalue weighted by atomic mass is 9.85. The average molecular weight is 216 g/mol. The minimum atomic E-state index is -0.567. The predicted molar refractivity (Wildman–Crippen MR) is 63.1 cm³/mol. The summed E-state index contributed by atoms with van der Waals surface area (Å²) in [5, 5.41) is 11.8. The molecule has 0 spiro atoms. The van der Waals surface area contributed by atoms with Gasteiger partial charge in [0.25, 0.3) is 5.91 Å². The lowest BCUT2D eigenvalue weighted by Gasteiger charge is -2.16. The van der Waals surface area contributed by atoms with Crippen molar-refractivity contribution in [3.05, 3.63) is 35.4 Å². The van der Waals surface area contributed by atoms with Crippen molar-refractivity contribution >= 4 is 5.91 Å². The highest BCUT2D eigenvalue weighted by atomic mass is 16.1. The number of carbonyl (C=O) groups is 1. The third-order valence-corrected chi connectivity index (χ3v) is 2.46. The quantitative estimate of drug-likeness (QED) is 0.842. The average Bonchev–Trinajstić information content (AvgIpc) is 2.29. The molecule has 1 aromatic carbocycles. The number of nitrogens with one attached hydrogen (secondary N) is 1. The summed E-state index contributed by atoms with van der Waals surface area (Å²) in [6, 6.07) is 9.42. The normalized spacial score (nSPS) is 10.6. The van der Waals surface area contributed by atoms with Gasteiger partial charge in [0.15, 0.2) is 0 Å². The van der Waals surface area contributed by atoms with E-state index in [0.717, 1.165) is 5.56 Å². The topological polar surface area (TPSA) is 52.9 Å². The van der Waals surface area contributed by atoms with Gasteiger partial charge in [0.05, 0.1) is 11.5 Å². The molecule has 1 amide bonds. The maximum absolute atomic E-state index is 11.6. The van der Waals surface area contributed by atoms with Crippen molar-refractivity contribution in [3.63, 3.8) is 0 Å². The molecule has 0 bridgehead atoms. The summed E-state index contributed by atoms with van der Waals surface area (Å²) in [4.78, 5) is 11.6. The van der Waals surface area contributed by atoms with Crippen molar-refractivity contribution in [2.24, 2.45) is 0 Å². The Balaban J connectivity index is 3.06. The first-order chi connectivity index (χ1) is 7.51. The van der Waals surface area contributed by atoms with Crippen LogP contribution in [0, 0.1) is 11.3 Å². The van der Waals surface area contributed by atoms with E-state index in [4.69, 9.17) is 5.26 Å². The minimum Gasteiger partial charge on any atom is -0.352 e. The first kappa shape index (κ1) is 12.3. The summed E-state index contributed by atoms with van der Waals surface area (Å²) in [5.41, 5.74) is 0.893. The predicted octanol–water partition coefficient (Wildman–Crippen LogP) is 2.24. The van der Waals surface area contributed by atoms with E-state index in [1.807, 2.05) is 26.8 Å². The van der Waals surface area contributed by atoms with Gasteiger partial charge in [0, 0.05) is 12.1 Å². The molecule has 1 rings (SSSR count). The Morgan fingerprint density at radius 3 is 2.75 bits per heavy atom. The van der Waals surface area contributed by atoms with E-state index < -0.39 is 5.41 Å². The van der Waals surface area contributed by atoms with Gasteiger partial charge in [0.1, 0.15) is 0 Å². The van der Waals surface area contributed by atoms with Gasteiger partial charge in [0.2, 0.25) is 0 Å². The fourth-order valence-electron chi connectivity index (χ4n) is 1.38. The first-order valence-electron chi connectivity index (χ1n) is 5.31. The number of hydrogen-bond acceptors (Lipinski definition) is 2. The van der Waals surface area contributed by atoms with E-state index in [1.165, 1.54) is 0 Å². The third-order valence-electron chi connectivity index (χ3n) is 2.46. The molecular formula is C13H16N2O. The highest BCUT2D eigenvalue weighted by Gasteiger charge is 2.20. The minimum absolute atomic E-state index is 0.0990. The molecule has 0 heterocycles. The summed E-state index contributed by atoms with van der Waals surface area (Å²) in [7, 11) is 0. The molecule has 3 heteroatoms. The number of carbonyl (C=O) groups excluding carboxylic acids is 1. The largest absolute Gasteiger partial charge is 0.352 e. The number of nitrogens with zero attached hydrogens (tertiary/aromatic N) is 1. The number of hydrogen-bond donors (Lipinski definition) is 1. The molecule has 0 aliphatic carbocycles. The highest BCUT2D eigenvalue weighted by molar-refractivity contribution is 5.94. The Labute approximate surface area is 96.1 Å². The Hall–Kier alpha value is -1.82. The Kier molecular flexibility index (Phi) is 3.68. The second-order valence-corrected chi connectivity index (χ2v) is 4.18. The van der Waals surface area contributed by atoms with Crippen molar-refractivity contribution in [3.8, 4) is 6.07 Å². The number of nitriles is 1. The van der Waals surface area contributed by atoms with Crippen LogP contribution in [0.25, 0.3) is 0 Å². The van der Waals surface area contributed by atoms with Gasteiger partial charge in [-0.05, 0) is 38.5 Å². The van der Waals surface area contributed by atoms with E-state index in [2.05, 4.69) is 11.4 Å². The first-order valence-corrected chi connectivity index (χ1v) is 5.31. The summed E-state index contributed by atoms with van der Waals surface area (Å²) in [5.74, 6) is -0.0990. The van der Waals surface area contributed by atoms with E-state index in [-0.39, 0.29) is 5.91 Å². The summed E-state index contributed by atoms with van der Waals surface area (Å²) >= 11 is 0. The highest BCUT2D eigenvalue weighted by Crippen LogP contribution is 2.22. The lowest BCUT2D eigenvalue weighted by Crippen LogP contribution is -2.23. The van der Waals surface area contributed by atoms with Crippen LogP contribution in [0.4, 0.5) is 0 Å². The summed E-state index contributed by atoms with van der Waals surface area (Å²) in [6.07, 6.45) is 0. The molecule has 0 radical (unpaired) electrons. The molecule has 0 unspecified atom stereocenters. The van der Waals surface area contributed by atoms with Gasteiger partial charge in [-0.1, -0.05) is 12.1 Å². The second kappa shape index (κ2) is 4.80. The van der Waals surface area contributed by atoms with Crippen LogP contribution in [0.1, 0.15) is 36.7 Å². The van der Waals surface area contributed by atoms with E-state index in [0.29, 0.717) is 12.1 Å². The molecule has 1 N–H and O–H groups in total. The molecule has 0 aliphatic heterocycles. The molecule has 3 nitrogen and oxygen atoms in total. The van der Waals surface area contributed by atoms with Gasteiger partial charge >= 0.3 is 0 Å². The Morgan fingerprint density at radius 1 is 1.50 bits per heavy atom. The fourth-order valence-corrected chi connectivity index (χ4v) is 1.38. The van der Waals surface area contributed by atoms with Gasteiger partial charge in [-0.15, -0.1) is 0 Å². The third kappa shape index (κ3) is 2.60. The summed E-state index contributed by atoms with van der Waals surface area (Å²) < 4.78 is 0. The number of benzene rings is 1. The maximum Gasteiger partial charge on any atom is 0.251 e. The zero-order valence-corrected chi connectivity index (χ0v) is 9.87. The lowest BCUT2D eigenvalue weighted by molar-refractivity contribution is 0.0955. The molecule has 0 aliphatic rings. The number of rotatable bonds is 3. The van der Waals surface area contributed by atoms with E-state index in [1.54, 1.807) is 18.2 Å². The van der Waals surface area contributed by atoms with Crippen LogP contribution in [0.3, 0.4) is 0 Å². The zero-order chi connectivity index (χ0) is 12.2. The van der Waals surface area contributed by atoms with Gasteiger partial charge in [-0.3, -0.25) is 4.79 Å². The van der Waals surface area contributed by atoms with Crippen LogP contribution in [0.15, 0.2) is 24.3 Å². The van der Waals surface area contributed by atoms with E-state index in [9.17, 15) is 4.79 Å². The molecule has 0 saturated carbocycles. The molecule has 1 aromatic rings. The van der Waals surface area contributed by atoms with Crippen LogP contribution in [0.2, 0.25) is 0 Å². The van der Waals surface area contributed by atoms with Gasteiger partial charge in [-0.25, -0.2) is 0 Å². The molecule has 0 saturated heterocycles. The van der Waals surface area contributed by atoms with Crippen LogP contribution in [0.5, 0.6) is 0 Å². The SMILES string of the molecule is CCNC(=O)c1cccc(C(C)(C)C#N)c1. The van der Waals surface area contributed by atoms with Crippen molar-refractivity contribution in [2.45, 2.75) is 26.2 Å². The van der Waals surface area contributed by atoms with Crippen LogP contribution >= 0.6 is 0 Å². The molecule has 84 valence electrons. The Morgan fingerprint density at radius 2 is 2.19 bits per heavy atom. The fraction of sp³-hybridized carbons (Fsp3) is 0.385. The standard InChI is InChI=1S/C13H16N2O/c1-4-15-12(16)10-6-5-7-11(8-10)13(2,3)9-14/h5-8H,4H2,1-3H3,(H,15,16). The number of amides is 1.